The van der Waals surface area contributed by atoms with Crippen LogP contribution in [0.3, 0.4) is 0 Å². The van der Waals surface area contributed by atoms with Crippen molar-refractivity contribution >= 4 is 65.7 Å². The molecule has 1 aliphatic heterocycles. The molecule has 1 aliphatic rings. The zero-order valence-electron chi connectivity index (χ0n) is 11.0. The van der Waals surface area contributed by atoms with Crippen molar-refractivity contribution in [2.45, 2.75) is 0 Å². The summed E-state index contributed by atoms with van der Waals surface area (Å²) >= 11 is -0.226. The Morgan fingerprint density at radius 1 is 0.857 bits per heavy atom. The molecule has 0 fully saturated rings. The molecular weight excluding hydrogens is 441 g/mol. The van der Waals surface area contributed by atoms with E-state index in [1.807, 2.05) is 6.07 Å². The molecule has 0 bridgehead atoms. The molecule has 0 unspecified atom stereocenters. The van der Waals surface area contributed by atoms with Gasteiger partial charge in [0.2, 0.25) is 0 Å². The van der Waals surface area contributed by atoms with Crippen molar-refractivity contribution < 1.29 is 4.79 Å². The van der Waals surface area contributed by atoms with E-state index in [4.69, 9.17) is 0 Å². The molecule has 0 atom stereocenters. The Hall–Kier alpha value is -1.30. The molecule has 0 spiro atoms. The number of para-hydroxylation sites is 2. The van der Waals surface area contributed by atoms with Gasteiger partial charge in [-0.1, -0.05) is 0 Å². The van der Waals surface area contributed by atoms with Crippen molar-refractivity contribution in [3.63, 3.8) is 0 Å². The van der Waals surface area contributed by atoms with Gasteiger partial charge in [0.25, 0.3) is 0 Å². The van der Waals surface area contributed by atoms with Crippen LogP contribution in [0.25, 0.3) is 0 Å². The van der Waals surface area contributed by atoms with Crippen LogP contribution in [0.4, 0.5) is 15.1 Å². The first-order valence-corrected chi connectivity index (χ1v) is 10.6. The molecule has 102 valence electrons. The second kappa shape index (κ2) is 5.48. The van der Waals surface area contributed by atoms with Gasteiger partial charge < -0.3 is 0 Å². The van der Waals surface area contributed by atoms with E-state index in [-0.39, 0.29) is 0 Å². The third kappa shape index (κ3) is 2.29. The van der Waals surface area contributed by atoms with Crippen molar-refractivity contribution in [1.82, 2.24) is 0 Å². The van der Waals surface area contributed by atoms with Crippen molar-refractivity contribution in [3.8, 4) is 0 Å². The summed E-state index contributed by atoms with van der Waals surface area (Å²) in [6.45, 7) is 0. The van der Waals surface area contributed by atoms with Crippen LogP contribution < -0.4 is 13.8 Å². The first kappa shape index (κ1) is 13.4. The molecule has 0 N–H and O–H groups in total. The number of benzene rings is 2. The number of hydrogen-bond acceptors (Lipinski definition) is 2. The second-order valence-corrected chi connectivity index (χ2v) is 10.1. The molecule has 4 heteroatoms. The fourth-order valence-electron chi connectivity index (χ4n) is 2.47. The van der Waals surface area contributed by atoms with Gasteiger partial charge in [0.05, 0.1) is 0 Å². The summed E-state index contributed by atoms with van der Waals surface area (Å²) in [4.78, 5) is 13.4. The Morgan fingerprint density at radius 2 is 1.48 bits per heavy atom. The summed E-state index contributed by atoms with van der Waals surface area (Å²) in [5, 5.41) is 0. The standard InChI is InChI=1S/C17H11NOSeTe/c19-11-12-9-10-17(21-12)18-13-5-1-3-7-15(13)20-16-8-4-2-6-14(16)18/h1-11H. The zero-order valence-corrected chi connectivity index (χ0v) is 15.1. The third-order valence-electron chi connectivity index (χ3n) is 3.38. The van der Waals surface area contributed by atoms with E-state index < -0.39 is 20.4 Å². The summed E-state index contributed by atoms with van der Waals surface area (Å²) in [6, 6.07) is 21.4. The average molecular weight is 452 g/mol. The van der Waals surface area contributed by atoms with Gasteiger partial charge in [-0.15, -0.1) is 0 Å². The Kier molecular flexibility index (Phi) is 3.49. The normalized spacial score (nSPS) is 12.7. The van der Waals surface area contributed by atoms with E-state index in [0.29, 0.717) is 15.0 Å². The van der Waals surface area contributed by atoms with E-state index in [2.05, 4.69) is 59.5 Å². The average Bonchev–Trinajstić information content (AvgIpc) is 3.01. The van der Waals surface area contributed by atoms with Gasteiger partial charge >= 0.3 is 140 Å². The Balaban J connectivity index is 1.94. The molecular formula is C17H11NOSeTe. The zero-order chi connectivity index (χ0) is 14.2. The van der Waals surface area contributed by atoms with Crippen LogP contribution in [0.5, 0.6) is 0 Å². The quantitative estimate of drug-likeness (QED) is 0.343. The molecule has 0 amide bonds. The van der Waals surface area contributed by atoms with Crippen molar-refractivity contribution in [1.29, 1.82) is 0 Å². The molecule has 2 heterocycles. The Labute approximate surface area is 139 Å². The minimum absolute atomic E-state index is 0.352. The van der Waals surface area contributed by atoms with Crippen LogP contribution in [0.1, 0.15) is 8.37 Å². The molecule has 3 aromatic rings. The SMILES string of the molecule is O=Cc1ccc(N2c3ccccc3[Se]c3ccccc32)[te]1. The number of aldehydes is 1. The number of nitrogens with zero attached hydrogens (tertiary/aromatic N) is 1. The Morgan fingerprint density at radius 3 is 2.05 bits per heavy atom. The number of carbonyl (C=O) groups is 1. The van der Waals surface area contributed by atoms with Crippen LogP contribution in [0.2, 0.25) is 0 Å². The van der Waals surface area contributed by atoms with Gasteiger partial charge in [-0.2, -0.15) is 0 Å². The summed E-state index contributed by atoms with van der Waals surface area (Å²) in [5.74, 6) is 0. The molecule has 0 saturated carbocycles. The van der Waals surface area contributed by atoms with Gasteiger partial charge in [-0.05, 0) is 0 Å². The summed E-state index contributed by atoms with van der Waals surface area (Å²) in [5.41, 5.74) is 2.57. The van der Waals surface area contributed by atoms with E-state index >= 15 is 0 Å². The Bertz CT molecular complexity index is 781. The van der Waals surface area contributed by atoms with Crippen LogP contribution in [-0.4, -0.2) is 41.7 Å². The fraction of sp³-hybridized carbons (Fsp3) is 0. The minimum atomic E-state index is -0.578. The van der Waals surface area contributed by atoms with Crippen molar-refractivity contribution in [2.75, 3.05) is 4.90 Å². The van der Waals surface area contributed by atoms with E-state index in [1.165, 1.54) is 24.0 Å². The number of hydrogen-bond donors (Lipinski definition) is 0. The van der Waals surface area contributed by atoms with Crippen LogP contribution in [0.15, 0.2) is 60.7 Å². The molecule has 0 saturated heterocycles. The molecule has 4 rings (SSSR count). The summed E-state index contributed by atoms with van der Waals surface area (Å²) in [7, 11) is 0. The first-order valence-electron chi connectivity index (χ1n) is 6.58. The second-order valence-electron chi connectivity index (χ2n) is 4.67. The fourth-order valence-corrected chi connectivity index (χ4v) is 7.11. The van der Waals surface area contributed by atoms with E-state index in [9.17, 15) is 4.79 Å². The van der Waals surface area contributed by atoms with Crippen LogP contribution >= 0.6 is 0 Å². The summed E-state index contributed by atoms with van der Waals surface area (Å²) in [6.07, 6.45) is 1.01. The number of rotatable bonds is 2. The van der Waals surface area contributed by atoms with Crippen LogP contribution in [0, 0.1) is 0 Å². The predicted octanol–water partition coefficient (Wildman–Crippen LogP) is 1.99. The molecule has 0 radical (unpaired) electrons. The van der Waals surface area contributed by atoms with Crippen LogP contribution in [-0.2, 0) is 0 Å². The van der Waals surface area contributed by atoms with E-state index in [1.54, 1.807) is 0 Å². The monoisotopic (exact) mass is 455 g/mol. The molecule has 21 heavy (non-hydrogen) atoms. The number of anilines is 3. The maximum atomic E-state index is 11.0. The maximum absolute atomic E-state index is 11.0. The van der Waals surface area contributed by atoms with Gasteiger partial charge in [-0.3, -0.25) is 0 Å². The third-order valence-corrected chi connectivity index (χ3v) is 8.59. The molecule has 2 aromatic carbocycles. The van der Waals surface area contributed by atoms with E-state index in [0.717, 1.165) is 9.87 Å². The predicted molar refractivity (Wildman–Crippen MR) is 88.5 cm³/mol. The summed E-state index contributed by atoms with van der Waals surface area (Å²) < 4.78 is 5.10. The van der Waals surface area contributed by atoms with Crippen molar-refractivity contribution in [3.05, 3.63) is 64.2 Å². The van der Waals surface area contributed by atoms with Crippen molar-refractivity contribution in [2.24, 2.45) is 0 Å². The van der Waals surface area contributed by atoms with Gasteiger partial charge in [0.1, 0.15) is 0 Å². The van der Waals surface area contributed by atoms with Gasteiger partial charge in [0.15, 0.2) is 0 Å². The number of fused-ring (bicyclic) bond motifs is 2. The molecule has 0 aliphatic carbocycles. The van der Waals surface area contributed by atoms with Gasteiger partial charge in [-0.25, -0.2) is 0 Å². The first-order chi connectivity index (χ1) is 10.4. The van der Waals surface area contributed by atoms with Gasteiger partial charge in [0, 0.05) is 0 Å². The number of carbonyl (C=O) groups excluding carboxylic acids is 1. The molecule has 2 nitrogen and oxygen atoms in total. The topological polar surface area (TPSA) is 20.3 Å². The molecule has 1 aromatic heterocycles.